The van der Waals surface area contributed by atoms with Crippen LogP contribution in [0.1, 0.15) is 26.6 Å². The lowest BCUT2D eigenvalue weighted by Gasteiger charge is -2.05. The SMILES string of the molecule is C#Cc1nc(C(=O)NCc2ccc(/C(C=N)=C/N)cc2)cs1. The predicted molar refractivity (Wildman–Crippen MR) is 88.6 cm³/mol. The smallest absolute Gasteiger partial charge is 0.271 e. The highest BCUT2D eigenvalue weighted by atomic mass is 32.1. The number of nitrogens with two attached hydrogens (primary N) is 1. The summed E-state index contributed by atoms with van der Waals surface area (Å²) in [5.74, 6) is 2.14. The van der Waals surface area contributed by atoms with Crippen LogP contribution in [-0.2, 0) is 6.54 Å². The van der Waals surface area contributed by atoms with Crippen LogP contribution in [0.2, 0.25) is 0 Å². The summed E-state index contributed by atoms with van der Waals surface area (Å²) in [6.45, 7) is 0.383. The molecule has 4 N–H and O–H groups in total. The molecule has 1 amide bonds. The molecule has 6 heteroatoms. The average molecular weight is 310 g/mol. The Labute approximate surface area is 132 Å². The zero-order valence-electron chi connectivity index (χ0n) is 11.7. The molecule has 0 atom stereocenters. The van der Waals surface area contributed by atoms with Crippen molar-refractivity contribution < 1.29 is 4.79 Å². The van der Waals surface area contributed by atoms with E-state index in [0.29, 0.717) is 22.8 Å². The van der Waals surface area contributed by atoms with Crippen LogP contribution in [0.3, 0.4) is 0 Å². The van der Waals surface area contributed by atoms with Gasteiger partial charge in [-0.2, -0.15) is 0 Å². The van der Waals surface area contributed by atoms with E-state index in [1.54, 1.807) is 5.38 Å². The number of amides is 1. The van der Waals surface area contributed by atoms with Crippen LogP contribution in [0, 0.1) is 17.8 Å². The van der Waals surface area contributed by atoms with Crippen molar-refractivity contribution in [3.8, 4) is 12.3 Å². The summed E-state index contributed by atoms with van der Waals surface area (Å²) in [7, 11) is 0. The van der Waals surface area contributed by atoms with Crippen LogP contribution in [-0.4, -0.2) is 17.1 Å². The summed E-state index contributed by atoms with van der Waals surface area (Å²) in [5, 5.41) is 12.2. The largest absolute Gasteiger partial charge is 0.404 e. The summed E-state index contributed by atoms with van der Waals surface area (Å²) < 4.78 is 0. The van der Waals surface area contributed by atoms with E-state index >= 15 is 0 Å². The first-order valence-corrected chi connectivity index (χ1v) is 7.28. The van der Waals surface area contributed by atoms with Gasteiger partial charge in [0, 0.05) is 29.9 Å². The van der Waals surface area contributed by atoms with Crippen molar-refractivity contribution in [3.05, 3.63) is 57.7 Å². The van der Waals surface area contributed by atoms with Gasteiger partial charge in [0.1, 0.15) is 5.69 Å². The highest BCUT2D eigenvalue weighted by molar-refractivity contribution is 7.10. The Bertz CT molecular complexity index is 753. The fraction of sp³-hybridized carbons (Fsp3) is 0.0625. The number of hydrogen-bond donors (Lipinski definition) is 3. The van der Waals surface area contributed by atoms with Crippen LogP contribution >= 0.6 is 11.3 Å². The number of aromatic nitrogens is 1. The second-order valence-electron chi connectivity index (χ2n) is 4.33. The number of nitrogens with zero attached hydrogens (tertiary/aromatic N) is 1. The first-order valence-electron chi connectivity index (χ1n) is 6.40. The molecular formula is C16H14N4OS. The number of hydrogen-bond acceptors (Lipinski definition) is 5. The second-order valence-corrected chi connectivity index (χ2v) is 5.19. The third-order valence-corrected chi connectivity index (χ3v) is 3.71. The fourth-order valence-corrected chi connectivity index (χ4v) is 2.36. The van der Waals surface area contributed by atoms with E-state index in [2.05, 4.69) is 16.2 Å². The number of terminal acetylenes is 1. The Kier molecular flexibility index (Phi) is 5.07. The minimum atomic E-state index is -0.260. The minimum Gasteiger partial charge on any atom is -0.404 e. The number of carbonyl (C=O) groups is 1. The van der Waals surface area contributed by atoms with E-state index in [9.17, 15) is 4.79 Å². The Hall–Kier alpha value is -2.91. The molecule has 0 spiro atoms. The van der Waals surface area contributed by atoms with Gasteiger partial charge in [-0.15, -0.1) is 17.8 Å². The quantitative estimate of drug-likeness (QED) is 0.582. The lowest BCUT2D eigenvalue weighted by molar-refractivity contribution is 0.0946. The summed E-state index contributed by atoms with van der Waals surface area (Å²) in [6, 6.07) is 7.45. The van der Waals surface area contributed by atoms with E-state index in [-0.39, 0.29) is 5.91 Å². The highest BCUT2D eigenvalue weighted by Gasteiger charge is 2.09. The molecule has 0 bridgehead atoms. The first-order chi connectivity index (χ1) is 10.7. The van der Waals surface area contributed by atoms with Gasteiger partial charge in [0.15, 0.2) is 5.01 Å². The number of thiazole rings is 1. The molecule has 1 aromatic heterocycles. The van der Waals surface area contributed by atoms with Gasteiger partial charge in [0.25, 0.3) is 5.91 Å². The Morgan fingerprint density at radius 2 is 2.18 bits per heavy atom. The van der Waals surface area contributed by atoms with E-state index in [0.717, 1.165) is 11.1 Å². The summed E-state index contributed by atoms with van der Waals surface area (Å²) >= 11 is 1.26. The number of allylic oxidation sites excluding steroid dienone is 1. The molecule has 0 aliphatic heterocycles. The summed E-state index contributed by atoms with van der Waals surface area (Å²) in [6.07, 6.45) is 7.81. The molecule has 2 aromatic rings. The zero-order valence-corrected chi connectivity index (χ0v) is 12.5. The zero-order chi connectivity index (χ0) is 15.9. The standard InChI is InChI=1S/C16H14N4OS/c1-2-15-20-14(10-22-15)16(21)19-9-11-3-5-12(6-4-11)13(7-17)8-18/h1,3-8,10,17H,9,18H2,(H,19,21)/b13-8+,17-7?. The van der Waals surface area contributed by atoms with E-state index in [1.165, 1.54) is 23.8 Å². The van der Waals surface area contributed by atoms with E-state index in [4.69, 9.17) is 17.6 Å². The maximum atomic E-state index is 11.9. The van der Waals surface area contributed by atoms with Crippen molar-refractivity contribution in [2.24, 2.45) is 5.73 Å². The third kappa shape index (κ3) is 3.59. The molecule has 110 valence electrons. The van der Waals surface area contributed by atoms with Crippen molar-refractivity contribution in [2.75, 3.05) is 0 Å². The highest BCUT2D eigenvalue weighted by Crippen LogP contribution is 2.13. The average Bonchev–Trinajstić information content (AvgIpc) is 3.04. The lowest BCUT2D eigenvalue weighted by atomic mass is 10.1. The number of benzene rings is 1. The molecule has 0 radical (unpaired) electrons. The summed E-state index contributed by atoms with van der Waals surface area (Å²) in [4.78, 5) is 15.9. The van der Waals surface area contributed by atoms with Gasteiger partial charge in [-0.1, -0.05) is 24.3 Å². The van der Waals surface area contributed by atoms with Gasteiger partial charge in [0.2, 0.25) is 0 Å². The summed E-state index contributed by atoms with van der Waals surface area (Å²) in [5.41, 5.74) is 8.19. The van der Waals surface area contributed by atoms with Gasteiger partial charge in [-0.05, 0) is 17.0 Å². The van der Waals surface area contributed by atoms with Crippen molar-refractivity contribution in [2.45, 2.75) is 6.54 Å². The molecule has 0 aliphatic carbocycles. The number of nitrogens with one attached hydrogen (secondary N) is 2. The van der Waals surface area contributed by atoms with Gasteiger partial charge < -0.3 is 16.5 Å². The molecule has 5 nitrogen and oxygen atoms in total. The van der Waals surface area contributed by atoms with E-state index < -0.39 is 0 Å². The molecule has 0 unspecified atom stereocenters. The van der Waals surface area contributed by atoms with Crippen LogP contribution < -0.4 is 11.1 Å². The Morgan fingerprint density at radius 3 is 2.73 bits per heavy atom. The molecule has 0 aliphatic rings. The Morgan fingerprint density at radius 1 is 1.45 bits per heavy atom. The monoisotopic (exact) mass is 310 g/mol. The van der Waals surface area contributed by atoms with Crippen LogP contribution in [0.5, 0.6) is 0 Å². The Balaban J connectivity index is 1.98. The molecule has 0 saturated carbocycles. The third-order valence-electron chi connectivity index (χ3n) is 2.94. The predicted octanol–water partition coefficient (Wildman–Crippen LogP) is 2.00. The topological polar surface area (TPSA) is 91.9 Å². The van der Waals surface area contributed by atoms with Crippen molar-refractivity contribution in [1.82, 2.24) is 10.3 Å². The van der Waals surface area contributed by atoms with Crippen molar-refractivity contribution in [3.63, 3.8) is 0 Å². The number of carbonyl (C=O) groups excluding carboxylic acids is 1. The van der Waals surface area contributed by atoms with Gasteiger partial charge in [-0.25, -0.2) is 4.98 Å². The van der Waals surface area contributed by atoms with Crippen LogP contribution in [0.25, 0.3) is 5.57 Å². The molecule has 0 saturated heterocycles. The van der Waals surface area contributed by atoms with Crippen molar-refractivity contribution in [1.29, 1.82) is 5.41 Å². The van der Waals surface area contributed by atoms with E-state index in [1.807, 2.05) is 24.3 Å². The van der Waals surface area contributed by atoms with Gasteiger partial charge in [-0.3, -0.25) is 4.79 Å². The van der Waals surface area contributed by atoms with Crippen molar-refractivity contribution >= 4 is 29.0 Å². The van der Waals surface area contributed by atoms with Crippen LogP contribution in [0.4, 0.5) is 0 Å². The lowest BCUT2D eigenvalue weighted by Crippen LogP contribution is -2.23. The molecule has 1 heterocycles. The fourth-order valence-electron chi connectivity index (χ4n) is 1.76. The maximum Gasteiger partial charge on any atom is 0.271 e. The first kappa shape index (κ1) is 15.5. The maximum absolute atomic E-state index is 11.9. The molecule has 0 fully saturated rings. The van der Waals surface area contributed by atoms with Gasteiger partial charge in [0.05, 0.1) is 0 Å². The van der Waals surface area contributed by atoms with Gasteiger partial charge >= 0.3 is 0 Å². The number of rotatable bonds is 5. The minimum absolute atomic E-state index is 0.260. The molecule has 22 heavy (non-hydrogen) atoms. The molecule has 1 aromatic carbocycles. The molecular weight excluding hydrogens is 296 g/mol. The normalized spacial score (nSPS) is 10.8. The second kappa shape index (κ2) is 7.20. The van der Waals surface area contributed by atoms with Crippen LogP contribution in [0.15, 0.2) is 35.8 Å². The molecule has 2 rings (SSSR count).